The quantitative estimate of drug-likeness (QED) is 0.409. The lowest BCUT2D eigenvalue weighted by molar-refractivity contribution is 0.0733. The Kier molecular flexibility index (Phi) is 9.42. The van der Waals surface area contributed by atoms with Gasteiger partial charge in [-0.05, 0) is 37.5 Å². The first-order valence-corrected chi connectivity index (χ1v) is 8.21. The van der Waals surface area contributed by atoms with Gasteiger partial charge in [0, 0.05) is 26.7 Å². The van der Waals surface area contributed by atoms with Crippen molar-refractivity contribution in [1.29, 1.82) is 0 Å². The minimum atomic E-state index is 0.556. The molecule has 1 aliphatic rings. The van der Waals surface area contributed by atoms with Gasteiger partial charge in [-0.15, -0.1) is 0 Å². The summed E-state index contributed by atoms with van der Waals surface area (Å²) in [6, 6.07) is 0.556. The zero-order valence-electron chi connectivity index (χ0n) is 14.2. The molecule has 5 heteroatoms. The first-order chi connectivity index (χ1) is 10.2. The third kappa shape index (κ3) is 7.67. The van der Waals surface area contributed by atoms with Crippen molar-refractivity contribution in [3.8, 4) is 0 Å². The molecule has 0 aromatic heterocycles. The van der Waals surface area contributed by atoms with Gasteiger partial charge in [0.05, 0.1) is 19.8 Å². The van der Waals surface area contributed by atoms with Crippen LogP contribution in [0.5, 0.6) is 0 Å². The molecule has 0 aromatic rings. The number of methoxy groups -OCH3 is 1. The Bertz CT molecular complexity index is 287. The van der Waals surface area contributed by atoms with Crippen LogP contribution in [0.1, 0.15) is 39.5 Å². The molecule has 0 radical (unpaired) electrons. The monoisotopic (exact) mass is 299 g/mol. The zero-order valence-corrected chi connectivity index (χ0v) is 14.2. The highest BCUT2D eigenvalue weighted by Crippen LogP contribution is 2.29. The molecule has 0 saturated heterocycles. The van der Waals surface area contributed by atoms with Crippen LogP contribution >= 0.6 is 0 Å². The van der Waals surface area contributed by atoms with Gasteiger partial charge in [-0.2, -0.15) is 0 Å². The number of nitrogens with one attached hydrogen (secondary N) is 2. The van der Waals surface area contributed by atoms with Crippen LogP contribution in [-0.4, -0.2) is 52.5 Å². The molecule has 0 spiro atoms. The second-order valence-corrected chi connectivity index (χ2v) is 6.10. The number of nitrogens with zero attached hydrogens (tertiary/aromatic N) is 1. The van der Waals surface area contributed by atoms with Crippen LogP contribution in [0, 0.1) is 11.8 Å². The molecular weight excluding hydrogens is 266 g/mol. The van der Waals surface area contributed by atoms with Crippen molar-refractivity contribution in [3.63, 3.8) is 0 Å². The van der Waals surface area contributed by atoms with Crippen molar-refractivity contribution in [2.24, 2.45) is 16.8 Å². The molecule has 1 saturated carbocycles. The Morgan fingerprint density at radius 2 is 1.86 bits per heavy atom. The Morgan fingerprint density at radius 3 is 2.43 bits per heavy atom. The van der Waals surface area contributed by atoms with Gasteiger partial charge in [-0.25, -0.2) is 0 Å². The fourth-order valence-corrected chi connectivity index (χ4v) is 2.80. The standard InChI is InChI=1S/C16H33N3O2/c1-13(2)14-5-7-15(8-6-14)19-16(17-3)18-9-10-21-12-11-20-4/h13-15H,5-12H2,1-4H3,(H2,17,18,19). The number of guanidine groups is 1. The van der Waals surface area contributed by atoms with Crippen molar-refractivity contribution >= 4 is 5.96 Å². The van der Waals surface area contributed by atoms with Gasteiger partial charge in [0.15, 0.2) is 5.96 Å². The van der Waals surface area contributed by atoms with E-state index in [0.29, 0.717) is 25.9 Å². The molecule has 0 aliphatic heterocycles. The van der Waals surface area contributed by atoms with Crippen LogP contribution in [0.25, 0.3) is 0 Å². The summed E-state index contributed by atoms with van der Waals surface area (Å²) in [5.74, 6) is 2.60. The first-order valence-electron chi connectivity index (χ1n) is 8.21. The number of hydrogen-bond acceptors (Lipinski definition) is 3. The fraction of sp³-hybridized carbons (Fsp3) is 0.938. The molecule has 0 aromatic carbocycles. The molecule has 5 nitrogen and oxygen atoms in total. The Labute approximate surface area is 129 Å². The van der Waals surface area contributed by atoms with E-state index in [1.807, 2.05) is 7.05 Å². The predicted molar refractivity (Wildman–Crippen MR) is 87.8 cm³/mol. The van der Waals surface area contributed by atoms with Gasteiger partial charge in [0.2, 0.25) is 0 Å². The van der Waals surface area contributed by atoms with E-state index in [4.69, 9.17) is 9.47 Å². The molecule has 0 amide bonds. The van der Waals surface area contributed by atoms with Crippen molar-refractivity contribution in [2.45, 2.75) is 45.6 Å². The summed E-state index contributed by atoms with van der Waals surface area (Å²) in [6.07, 6.45) is 5.14. The summed E-state index contributed by atoms with van der Waals surface area (Å²) in [7, 11) is 3.50. The zero-order chi connectivity index (χ0) is 15.5. The minimum absolute atomic E-state index is 0.556. The van der Waals surface area contributed by atoms with E-state index in [0.717, 1.165) is 24.3 Å². The van der Waals surface area contributed by atoms with Crippen molar-refractivity contribution in [1.82, 2.24) is 10.6 Å². The maximum Gasteiger partial charge on any atom is 0.191 e. The molecule has 2 N–H and O–H groups in total. The van der Waals surface area contributed by atoms with Gasteiger partial charge in [0.1, 0.15) is 0 Å². The van der Waals surface area contributed by atoms with E-state index >= 15 is 0 Å². The molecule has 0 bridgehead atoms. The maximum atomic E-state index is 5.43. The molecule has 1 fully saturated rings. The number of ether oxygens (including phenoxy) is 2. The molecule has 1 rings (SSSR count). The van der Waals surface area contributed by atoms with Crippen LogP contribution in [0.2, 0.25) is 0 Å². The Hall–Kier alpha value is -0.810. The van der Waals surface area contributed by atoms with Crippen molar-refractivity contribution < 1.29 is 9.47 Å². The SMILES string of the molecule is CN=C(NCCOCCOC)NC1CCC(C(C)C)CC1. The summed E-state index contributed by atoms with van der Waals surface area (Å²) >= 11 is 0. The number of aliphatic imine (C=N–C) groups is 1. The minimum Gasteiger partial charge on any atom is -0.382 e. The molecule has 0 unspecified atom stereocenters. The van der Waals surface area contributed by atoms with E-state index < -0.39 is 0 Å². The van der Waals surface area contributed by atoms with Gasteiger partial charge in [-0.3, -0.25) is 4.99 Å². The average Bonchev–Trinajstić information content (AvgIpc) is 2.50. The molecule has 124 valence electrons. The fourth-order valence-electron chi connectivity index (χ4n) is 2.80. The number of hydrogen-bond donors (Lipinski definition) is 2. The van der Waals surface area contributed by atoms with Gasteiger partial charge in [-0.1, -0.05) is 13.8 Å². The van der Waals surface area contributed by atoms with E-state index in [2.05, 4.69) is 29.5 Å². The van der Waals surface area contributed by atoms with Gasteiger partial charge in [0.25, 0.3) is 0 Å². The highest BCUT2D eigenvalue weighted by Gasteiger charge is 2.23. The molecular formula is C16H33N3O2. The van der Waals surface area contributed by atoms with E-state index in [1.54, 1.807) is 7.11 Å². The third-order valence-corrected chi connectivity index (χ3v) is 4.25. The highest BCUT2D eigenvalue weighted by molar-refractivity contribution is 5.79. The smallest absolute Gasteiger partial charge is 0.191 e. The molecule has 0 atom stereocenters. The lowest BCUT2D eigenvalue weighted by Gasteiger charge is -2.32. The summed E-state index contributed by atoms with van der Waals surface area (Å²) < 4.78 is 10.4. The predicted octanol–water partition coefficient (Wildman–Crippen LogP) is 2.03. The van der Waals surface area contributed by atoms with Crippen LogP contribution in [0.3, 0.4) is 0 Å². The van der Waals surface area contributed by atoms with Crippen molar-refractivity contribution in [3.05, 3.63) is 0 Å². The van der Waals surface area contributed by atoms with Crippen LogP contribution in [0.4, 0.5) is 0 Å². The van der Waals surface area contributed by atoms with Crippen LogP contribution in [0.15, 0.2) is 4.99 Å². The maximum absolute atomic E-state index is 5.43. The van der Waals surface area contributed by atoms with E-state index in [9.17, 15) is 0 Å². The second kappa shape index (κ2) is 10.9. The molecule has 0 heterocycles. The Balaban J connectivity index is 2.14. The summed E-state index contributed by atoms with van der Waals surface area (Å²) in [5.41, 5.74) is 0. The second-order valence-electron chi connectivity index (χ2n) is 6.10. The van der Waals surface area contributed by atoms with Crippen LogP contribution < -0.4 is 10.6 Å². The largest absolute Gasteiger partial charge is 0.382 e. The van der Waals surface area contributed by atoms with E-state index in [1.165, 1.54) is 25.7 Å². The highest BCUT2D eigenvalue weighted by atomic mass is 16.5. The summed E-state index contributed by atoms with van der Waals surface area (Å²) in [4.78, 5) is 4.28. The summed E-state index contributed by atoms with van der Waals surface area (Å²) in [6.45, 7) is 7.40. The van der Waals surface area contributed by atoms with Crippen LogP contribution in [-0.2, 0) is 9.47 Å². The third-order valence-electron chi connectivity index (χ3n) is 4.25. The lowest BCUT2D eigenvalue weighted by Crippen LogP contribution is -2.45. The Morgan fingerprint density at radius 1 is 1.14 bits per heavy atom. The lowest BCUT2D eigenvalue weighted by atomic mass is 9.80. The van der Waals surface area contributed by atoms with Gasteiger partial charge >= 0.3 is 0 Å². The normalized spacial score (nSPS) is 23.4. The first kappa shape index (κ1) is 18.2. The van der Waals surface area contributed by atoms with E-state index in [-0.39, 0.29) is 0 Å². The van der Waals surface area contributed by atoms with Gasteiger partial charge < -0.3 is 20.1 Å². The van der Waals surface area contributed by atoms with Crippen molar-refractivity contribution in [2.75, 3.05) is 40.5 Å². The average molecular weight is 299 g/mol. The molecule has 21 heavy (non-hydrogen) atoms. The topological polar surface area (TPSA) is 54.9 Å². The summed E-state index contributed by atoms with van der Waals surface area (Å²) in [5, 5.41) is 6.83. The number of rotatable bonds is 8. The molecule has 1 aliphatic carbocycles.